The second-order valence-corrected chi connectivity index (χ2v) is 4.01. The summed E-state index contributed by atoms with van der Waals surface area (Å²) in [6.45, 7) is 7.82. The smallest absolute Gasteiger partial charge is 0.0223 e. The fourth-order valence-corrected chi connectivity index (χ4v) is 2.43. The first-order valence-electron chi connectivity index (χ1n) is 5.78. The van der Waals surface area contributed by atoms with Crippen molar-refractivity contribution >= 4 is 0 Å². The van der Waals surface area contributed by atoms with Gasteiger partial charge in [-0.1, -0.05) is 13.8 Å². The SMILES string of the molecule is CC.CN1CCCC2CCNC2C1. The Morgan fingerprint density at radius 1 is 1.23 bits per heavy atom. The molecule has 1 N–H and O–H groups in total. The van der Waals surface area contributed by atoms with Gasteiger partial charge in [-0.25, -0.2) is 0 Å². The van der Waals surface area contributed by atoms with E-state index in [1.165, 1.54) is 38.9 Å². The molecule has 2 fully saturated rings. The van der Waals surface area contributed by atoms with Crippen LogP contribution in [0.2, 0.25) is 0 Å². The van der Waals surface area contributed by atoms with E-state index in [-0.39, 0.29) is 0 Å². The minimum atomic E-state index is 0.808. The van der Waals surface area contributed by atoms with Gasteiger partial charge >= 0.3 is 0 Å². The lowest BCUT2D eigenvalue weighted by molar-refractivity contribution is 0.311. The van der Waals surface area contributed by atoms with E-state index < -0.39 is 0 Å². The van der Waals surface area contributed by atoms with Crippen molar-refractivity contribution in [2.45, 2.75) is 39.2 Å². The zero-order valence-electron chi connectivity index (χ0n) is 9.34. The molecule has 0 aliphatic carbocycles. The molecule has 2 unspecified atom stereocenters. The molecule has 0 aromatic heterocycles. The van der Waals surface area contributed by atoms with E-state index in [0.29, 0.717) is 0 Å². The summed E-state index contributed by atoms with van der Waals surface area (Å²) < 4.78 is 0. The van der Waals surface area contributed by atoms with Crippen molar-refractivity contribution in [3.8, 4) is 0 Å². The summed E-state index contributed by atoms with van der Waals surface area (Å²) in [6.07, 6.45) is 4.26. The molecular weight excluding hydrogens is 160 g/mol. The van der Waals surface area contributed by atoms with Crippen LogP contribution in [0.5, 0.6) is 0 Å². The normalized spacial score (nSPS) is 34.4. The molecule has 2 aliphatic rings. The van der Waals surface area contributed by atoms with Crippen molar-refractivity contribution in [3.05, 3.63) is 0 Å². The summed E-state index contributed by atoms with van der Waals surface area (Å²) in [7, 11) is 2.24. The lowest BCUT2D eigenvalue weighted by Gasteiger charge is -2.19. The Morgan fingerprint density at radius 2 is 2.00 bits per heavy atom. The molecule has 13 heavy (non-hydrogen) atoms. The summed E-state index contributed by atoms with van der Waals surface area (Å²) in [5.74, 6) is 0.986. The van der Waals surface area contributed by atoms with Crippen LogP contribution in [0.1, 0.15) is 33.1 Å². The van der Waals surface area contributed by atoms with E-state index in [9.17, 15) is 0 Å². The highest BCUT2D eigenvalue weighted by Gasteiger charge is 2.29. The standard InChI is InChI=1S/C9H18N2.C2H6/c1-11-6-2-3-8-4-5-10-9(8)7-11;1-2/h8-10H,2-7H2,1H3;1-2H3. The number of fused-ring (bicyclic) bond motifs is 1. The van der Waals surface area contributed by atoms with Gasteiger partial charge in [0.15, 0.2) is 0 Å². The fraction of sp³-hybridized carbons (Fsp3) is 1.00. The van der Waals surface area contributed by atoms with E-state index >= 15 is 0 Å². The molecule has 0 radical (unpaired) electrons. The molecule has 2 atom stereocenters. The van der Waals surface area contributed by atoms with Crippen molar-refractivity contribution < 1.29 is 0 Å². The van der Waals surface area contributed by atoms with Crippen LogP contribution in [0.3, 0.4) is 0 Å². The van der Waals surface area contributed by atoms with Gasteiger partial charge in [0.05, 0.1) is 0 Å². The summed E-state index contributed by atoms with van der Waals surface area (Å²) in [6, 6.07) is 0.808. The third-order valence-electron chi connectivity index (χ3n) is 3.11. The summed E-state index contributed by atoms with van der Waals surface area (Å²) in [5.41, 5.74) is 0. The highest BCUT2D eigenvalue weighted by molar-refractivity contribution is 4.87. The molecule has 2 aliphatic heterocycles. The van der Waals surface area contributed by atoms with Crippen molar-refractivity contribution in [3.63, 3.8) is 0 Å². The van der Waals surface area contributed by atoms with E-state index in [1.54, 1.807) is 0 Å². The third kappa shape index (κ3) is 2.96. The van der Waals surface area contributed by atoms with Crippen LogP contribution in [0.25, 0.3) is 0 Å². The van der Waals surface area contributed by atoms with Crippen molar-refractivity contribution in [2.24, 2.45) is 5.92 Å². The molecule has 0 aromatic rings. The van der Waals surface area contributed by atoms with E-state index in [0.717, 1.165) is 12.0 Å². The van der Waals surface area contributed by atoms with Crippen LogP contribution in [0.4, 0.5) is 0 Å². The molecule has 2 heteroatoms. The zero-order valence-corrected chi connectivity index (χ0v) is 9.34. The molecule has 0 bridgehead atoms. The molecule has 0 saturated carbocycles. The largest absolute Gasteiger partial charge is 0.312 e. The fourth-order valence-electron chi connectivity index (χ4n) is 2.43. The quantitative estimate of drug-likeness (QED) is 0.616. The molecule has 0 aromatic carbocycles. The van der Waals surface area contributed by atoms with Crippen LogP contribution >= 0.6 is 0 Å². The van der Waals surface area contributed by atoms with Crippen molar-refractivity contribution in [1.82, 2.24) is 10.2 Å². The van der Waals surface area contributed by atoms with Crippen LogP contribution < -0.4 is 5.32 Å². The van der Waals surface area contributed by atoms with Gasteiger partial charge in [-0.2, -0.15) is 0 Å². The topological polar surface area (TPSA) is 15.3 Å². The van der Waals surface area contributed by atoms with Gasteiger partial charge in [0.1, 0.15) is 0 Å². The Kier molecular flexibility index (Phi) is 4.74. The number of rotatable bonds is 0. The monoisotopic (exact) mass is 184 g/mol. The minimum absolute atomic E-state index is 0.808. The zero-order chi connectivity index (χ0) is 9.68. The first-order valence-corrected chi connectivity index (χ1v) is 5.78. The summed E-state index contributed by atoms with van der Waals surface area (Å²) in [4.78, 5) is 2.46. The molecule has 2 nitrogen and oxygen atoms in total. The first-order chi connectivity index (χ1) is 6.36. The van der Waals surface area contributed by atoms with E-state index in [1.807, 2.05) is 13.8 Å². The van der Waals surface area contributed by atoms with Crippen LogP contribution in [-0.2, 0) is 0 Å². The maximum absolute atomic E-state index is 3.59. The molecule has 0 spiro atoms. The summed E-state index contributed by atoms with van der Waals surface area (Å²) in [5, 5.41) is 3.59. The third-order valence-corrected chi connectivity index (χ3v) is 3.11. The Morgan fingerprint density at radius 3 is 2.77 bits per heavy atom. The highest BCUT2D eigenvalue weighted by Crippen LogP contribution is 2.24. The lowest BCUT2D eigenvalue weighted by Crippen LogP contribution is -2.36. The number of likely N-dealkylation sites (tertiary alicyclic amines) is 1. The Hall–Kier alpha value is -0.0800. The number of nitrogens with one attached hydrogen (secondary N) is 1. The predicted molar refractivity (Wildman–Crippen MR) is 58.0 cm³/mol. The van der Waals surface area contributed by atoms with Gasteiger partial charge in [0, 0.05) is 12.6 Å². The molecule has 2 rings (SSSR count). The molecule has 0 amide bonds. The van der Waals surface area contributed by atoms with Gasteiger partial charge in [-0.3, -0.25) is 0 Å². The maximum Gasteiger partial charge on any atom is 0.0223 e. The number of nitrogens with zero attached hydrogens (tertiary/aromatic N) is 1. The maximum atomic E-state index is 3.59. The minimum Gasteiger partial charge on any atom is -0.312 e. The Labute approximate surface area is 82.7 Å². The lowest BCUT2D eigenvalue weighted by atomic mass is 9.97. The first kappa shape index (κ1) is 11.0. The van der Waals surface area contributed by atoms with Gasteiger partial charge in [-0.05, 0) is 45.3 Å². The molecular formula is C11H24N2. The second kappa shape index (κ2) is 5.61. The van der Waals surface area contributed by atoms with E-state index in [4.69, 9.17) is 0 Å². The Bertz CT molecular complexity index is 136. The van der Waals surface area contributed by atoms with Gasteiger partial charge in [0.25, 0.3) is 0 Å². The Balaban J connectivity index is 0.000000396. The van der Waals surface area contributed by atoms with E-state index in [2.05, 4.69) is 17.3 Å². The molecule has 2 saturated heterocycles. The molecule has 2 heterocycles. The summed E-state index contributed by atoms with van der Waals surface area (Å²) >= 11 is 0. The van der Waals surface area contributed by atoms with Crippen LogP contribution in [0.15, 0.2) is 0 Å². The average Bonchev–Trinajstić information content (AvgIpc) is 2.50. The van der Waals surface area contributed by atoms with Gasteiger partial charge < -0.3 is 10.2 Å². The van der Waals surface area contributed by atoms with Gasteiger partial charge in [0.2, 0.25) is 0 Å². The number of likely N-dealkylation sites (N-methyl/N-ethyl adjacent to an activating group) is 1. The predicted octanol–water partition coefficient (Wildman–Crippen LogP) is 1.72. The number of hydrogen-bond donors (Lipinski definition) is 1. The highest BCUT2D eigenvalue weighted by atomic mass is 15.1. The van der Waals surface area contributed by atoms with Gasteiger partial charge in [-0.15, -0.1) is 0 Å². The second-order valence-electron chi connectivity index (χ2n) is 4.01. The van der Waals surface area contributed by atoms with Crippen molar-refractivity contribution in [2.75, 3.05) is 26.7 Å². The van der Waals surface area contributed by atoms with Crippen LogP contribution in [-0.4, -0.2) is 37.6 Å². The van der Waals surface area contributed by atoms with Crippen molar-refractivity contribution in [1.29, 1.82) is 0 Å². The number of hydrogen-bond acceptors (Lipinski definition) is 2. The average molecular weight is 184 g/mol. The van der Waals surface area contributed by atoms with Crippen LogP contribution in [0, 0.1) is 5.92 Å². The molecule has 78 valence electrons.